The molecule has 0 bridgehead atoms. The van der Waals surface area contributed by atoms with E-state index in [-0.39, 0.29) is 31.5 Å². The van der Waals surface area contributed by atoms with Gasteiger partial charge in [-0.05, 0) is 38.5 Å². The van der Waals surface area contributed by atoms with Gasteiger partial charge in [-0.1, -0.05) is 12.1 Å². The predicted molar refractivity (Wildman–Crippen MR) is 104 cm³/mol. The third-order valence-electron chi connectivity index (χ3n) is 3.16. The maximum Gasteiger partial charge on any atom is 0.408 e. The van der Waals surface area contributed by atoms with Gasteiger partial charge in [-0.25, -0.2) is 4.79 Å². The van der Waals surface area contributed by atoms with E-state index in [4.69, 9.17) is 14.2 Å². The van der Waals surface area contributed by atoms with Crippen LogP contribution in [0.4, 0.5) is 10.5 Å². The first-order chi connectivity index (χ1) is 13.2. The minimum atomic E-state index is -0.653. The summed E-state index contributed by atoms with van der Waals surface area (Å²) in [6, 6.07) is 7.06. The summed E-state index contributed by atoms with van der Waals surface area (Å²) in [5, 5.41) is 7.79. The molecular weight excluding hydrogens is 366 g/mol. The predicted octanol–water partition coefficient (Wildman–Crippen LogP) is 1.43. The molecule has 0 unspecified atom stereocenters. The normalized spacial score (nSPS) is 10.9. The first-order valence-corrected chi connectivity index (χ1v) is 8.88. The van der Waals surface area contributed by atoms with Gasteiger partial charge in [-0.2, -0.15) is 0 Å². The van der Waals surface area contributed by atoms with Crippen LogP contribution in [0, 0.1) is 0 Å². The maximum atomic E-state index is 11.8. The molecular formula is C19H29N3O6. The second-order valence-electron chi connectivity index (χ2n) is 6.93. The molecule has 0 aliphatic rings. The van der Waals surface area contributed by atoms with Crippen molar-refractivity contribution in [3.8, 4) is 0 Å². The smallest absolute Gasteiger partial charge is 0.408 e. The molecule has 3 amide bonds. The number of hydrogen-bond donors (Lipinski definition) is 3. The van der Waals surface area contributed by atoms with Crippen LogP contribution in [0.5, 0.6) is 0 Å². The van der Waals surface area contributed by atoms with Crippen molar-refractivity contribution < 1.29 is 28.6 Å². The van der Waals surface area contributed by atoms with Crippen LogP contribution >= 0.6 is 0 Å². The molecule has 0 fully saturated rings. The molecule has 156 valence electrons. The van der Waals surface area contributed by atoms with Gasteiger partial charge in [-0.3, -0.25) is 9.59 Å². The zero-order valence-corrected chi connectivity index (χ0v) is 16.8. The number of methoxy groups -OCH3 is 1. The number of alkyl carbamates (subject to hydrolysis) is 1. The van der Waals surface area contributed by atoms with Gasteiger partial charge < -0.3 is 30.2 Å². The summed E-state index contributed by atoms with van der Waals surface area (Å²) < 4.78 is 15.0. The molecule has 0 aliphatic carbocycles. The van der Waals surface area contributed by atoms with E-state index in [0.29, 0.717) is 18.9 Å². The average molecular weight is 395 g/mol. The Hall–Kier alpha value is -2.65. The first kappa shape index (κ1) is 23.4. The topological polar surface area (TPSA) is 115 Å². The largest absolute Gasteiger partial charge is 0.444 e. The number of amides is 3. The number of nitrogens with one attached hydrogen (secondary N) is 3. The van der Waals surface area contributed by atoms with Crippen molar-refractivity contribution >= 4 is 23.6 Å². The zero-order valence-electron chi connectivity index (χ0n) is 16.8. The third kappa shape index (κ3) is 11.1. The van der Waals surface area contributed by atoms with Gasteiger partial charge >= 0.3 is 6.09 Å². The van der Waals surface area contributed by atoms with Crippen molar-refractivity contribution in [3.63, 3.8) is 0 Å². The minimum Gasteiger partial charge on any atom is -0.444 e. The Morgan fingerprint density at radius 2 is 1.79 bits per heavy atom. The second-order valence-corrected chi connectivity index (χ2v) is 6.93. The molecule has 0 heterocycles. The molecule has 1 aromatic rings. The van der Waals surface area contributed by atoms with Crippen molar-refractivity contribution in [3.05, 3.63) is 29.8 Å². The highest BCUT2D eigenvalue weighted by Crippen LogP contribution is 2.10. The fourth-order valence-corrected chi connectivity index (χ4v) is 1.99. The lowest BCUT2D eigenvalue weighted by Crippen LogP contribution is -2.39. The molecule has 0 atom stereocenters. The van der Waals surface area contributed by atoms with Gasteiger partial charge in [0.2, 0.25) is 11.8 Å². The molecule has 28 heavy (non-hydrogen) atoms. The Morgan fingerprint density at radius 1 is 1.04 bits per heavy atom. The van der Waals surface area contributed by atoms with E-state index >= 15 is 0 Å². The van der Waals surface area contributed by atoms with Crippen LogP contribution < -0.4 is 16.0 Å². The Morgan fingerprint density at radius 3 is 2.46 bits per heavy atom. The van der Waals surface area contributed by atoms with Crippen LogP contribution in [0.15, 0.2) is 24.3 Å². The summed E-state index contributed by atoms with van der Waals surface area (Å²) >= 11 is 0. The van der Waals surface area contributed by atoms with Gasteiger partial charge in [0.05, 0.1) is 13.2 Å². The number of carbonyl (C=O) groups is 3. The minimum absolute atomic E-state index is 0.0688. The molecule has 0 saturated heterocycles. The fourth-order valence-electron chi connectivity index (χ4n) is 1.99. The summed E-state index contributed by atoms with van der Waals surface area (Å²) in [5.74, 6) is -0.634. The lowest BCUT2D eigenvalue weighted by atomic mass is 10.2. The quantitative estimate of drug-likeness (QED) is 0.516. The van der Waals surface area contributed by atoms with Gasteiger partial charge in [0.1, 0.15) is 18.8 Å². The molecule has 1 aromatic carbocycles. The Bertz CT molecular complexity index is 657. The lowest BCUT2D eigenvalue weighted by Gasteiger charge is -2.19. The van der Waals surface area contributed by atoms with E-state index in [9.17, 15) is 14.4 Å². The number of anilines is 1. The highest BCUT2D eigenvalue weighted by molar-refractivity contribution is 5.91. The lowest BCUT2D eigenvalue weighted by molar-refractivity contribution is -0.121. The standard InChI is InChI=1S/C19H29N3O6/c1-19(2,3)28-18(25)21-12-16(23)20-11-14-6-5-7-15(10-14)22-17(24)13-27-9-8-26-4/h5-7,10H,8-9,11-13H2,1-4H3,(H,20,23)(H,21,25)(H,22,24). The number of ether oxygens (including phenoxy) is 3. The van der Waals surface area contributed by atoms with Crippen LogP contribution in [-0.2, 0) is 30.3 Å². The average Bonchev–Trinajstić information content (AvgIpc) is 2.61. The number of benzene rings is 1. The molecule has 9 heteroatoms. The number of rotatable bonds is 10. The van der Waals surface area contributed by atoms with Crippen LogP contribution in [-0.4, -0.2) is 57.0 Å². The van der Waals surface area contributed by atoms with Crippen molar-refractivity contribution in [2.75, 3.05) is 38.8 Å². The first-order valence-electron chi connectivity index (χ1n) is 8.88. The van der Waals surface area contributed by atoms with E-state index in [1.54, 1.807) is 46.1 Å². The van der Waals surface area contributed by atoms with E-state index in [1.165, 1.54) is 0 Å². The SMILES string of the molecule is COCCOCC(=O)Nc1cccc(CNC(=O)CNC(=O)OC(C)(C)C)c1. The van der Waals surface area contributed by atoms with Gasteiger partial charge in [0.15, 0.2) is 0 Å². The van der Waals surface area contributed by atoms with Crippen LogP contribution in [0.1, 0.15) is 26.3 Å². The molecule has 0 aliphatic heterocycles. The van der Waals surface area contributed by atoms with E-state index < -0.39 is 11.7 Å². The second kappa shape index (κ2) is 11.9. The summed E-state index contributed by atoms with van der Waals surface area (Å²) in [6.45, 7) is 5.98. The van der Waals surface area contributed by atoms with Gasteiger partial charge in [0, 0.05) is 19.3 Å². The monoisotopic (exact) mass is 395 g/mol. The Balaban J connectivity index is 2.37. The van der Waals surface area contributed by atoms with Crippen LogP contribution in [0.2, 0.25) is 0 Å². The van der Waals surface area contributed by atoms with Crippen LogP contribution in [0.25, 0.3) is 0 Å². The van der Waals surface area contributed by atoms with E-state index in [0.717, 1.165) is 5.56 Å². The summed E-state index contributed by atoms with van der Waals surface area (Å²) in [4.78, 5) is 35.2. The zero-order chi connectivity index (χ0) is 21.0. The molecule has 3 N–H and O–H groups in total. The highest BCUT2D eigenvalue weighted by Gasteiger charge is 2.16. The van der Waals surface area contributed by atoms with E-state index in [1.807, 2.05) is 6.07 Å². The Labute approximate surface area is 165 Å². The van der Waals surface area contributed by atoms with E-state index in [2.05, 4.69) is 16.0 Å². The highest BCUT2D eigenvalue weighted by atomic mass is 16.6. The molecule has 0 spiro atoms. The summed E-state index contributed by atoms with van der Waals surface area (Å²) in [5.41, 5.74) is 0.767. The molecule has 0 radical (unpaired) electrons. The third-order valence-corrected chi connectivity index (χ3v) is 3.16. The molecule has 1 rings (SSSR count). The van der Waals surface area contributed by atoms with Crippen molar-refractivity contribution in [1.82, 2.24) is 10.6 Å². The maximum absolute atomic E-state index is 11.8. The summed E-state index contributed by atoms with van der Waals surface area (Å²) in [7, 11) is 1.56. The Kier molecular flexibility index (Phi) is 9.97. The molecule has 0 saturated carbocycles. The fraction of sp³-hybridized carbons (Fsp3) is 0.526. The number of hydrogen-bond acceptors (Lipinski definition) is 6. The molecule has 0 aromatic heterocycles. The van der Waals surface area contributed by atoms with Crippen molar-refractivity contribution in [2.24, 2.45) is 0 Å². The van der Waals surface area contributed by atoms with Crippen LogP contribution in [0.3, 0.4) is 0 Å². The van der Waals surface area contributed by atoms with Crippen molar-refractivity contribution in [1.29, 1.82) is 0 Å². The molecule has 9 nitrogen and oxygen atoms in total. The number of carbonyl (C=O) groups excluding carboxylic acids is 3. The van der Waals surface area contributed by atoms with Gasteiger partial charge in [-0.15, -0.1) is 0 Å². The summed E-state index contributed by atoms with van der Waals surface area (Å²) in [6.07, 6.45) is -0.653. The van der Waals surface area contributed by atoms with Gasteiger partial charge in [0.25, 0.3) is 0 Å². The van der Waals surface area contributed by atoms with Crippen molar-refractivity contribution in [2.45, 2.75) is 32.9 Å².